The average molecular weight is 270 g/mol. The molecule has 0 atom stereocenters. The Hall–Kier alpha value is -2.63. The zero-order chi connectivity index (χ0) is 14.1. The van der Waals surface area contributed by atoms with E-state index in [9.17, 15) is 4.79 Å². The van der Waals surface area contributed by atoms with Gasteiger partial charge in [0, 0.05) is 18.3 Å². The number of aromatic carboxylic acids is 1. The van der Waals surface area contributed by atoms with E-state index in [0.29, 0.717) is 6.54 Å². The van der Waals surface area contributed by atoms with Gasteiger partial charge in [-0.05, 0) is 30.5 Å². The van der Waals surface area contributed by atoms with Crippen molar-refractivity contribution in [3.05, 3.63) is 47.9 Å². The second-order valence-electron chi connectivity index (χ2n) is 4.74. The van der Waals surface area contributed by atoms with Crippen LogP contribution in [0.4, 0.5) is 0 Å². The van der Waals surface area contributed by atoms with Crippen LogP contribution < -0.4 is 0 Å². The van der Waals surface area contributed by atoms with E-state index in [4.69, 9.17) is 5.11 Å². The minimum atomic E-state index is -1.06. The molecule has 0 bridgehead atoms. The predicted molar refractivity (Wildman–Crippen MR) is 73.7 cm³/mol. The van der Waals surface area contributed by atoms with Crippen LogP contribution in [0.5, 0.6) is 0 Å². The SMILES string of the molecule is Cc1ccc2c(ccn2CCn2cc(C(=O)O)nn2)c1. The van der Waals surface area contributed by atoms with Crippen LogP contribution >= 0.6 is 0 Å². The van der Waals surface area contributed by atoms with E-state index >= 15 is 0 Å². The van der Waals surface area contributed by atoms with E-state index in [1.165, 1.54) is 17.1 Å². The summed E-state index contributed by atoms with van der Waals surface area (Å²) in [6, 6.07) is 8.39. The van der Waals surface area contributed by atoms with Crippen molar-refractivity contribution in [1.82, 2.24) is 19.6 Å². The van der Waals surface area contributed by atoms with Crippen molar-refractivity contribution < 1.29 is 9.90 Å². The number of rotatable bonds is 4. The molecule has 1 aromatic carbocycles. The fraction of sp³-hybridized carbons (Fsp3) is 0.214. The van der Waals surface area contributed by atoms with Crippen LogP contribution in [0.1, 0.15) is 16.1 Å². The lowest BCUT2D eigenvalue weighted by atomic mass is 10.2. The van der Waals surface area contributed by atoms with Gasteiger partial charge in [0.15, 0.2) is 5.69 Å². The molecule has 0 aliphatic carbocycles. The second kappa shape index (κ2) is 4.80. The fourth-order valence-corrected chi connectivity index (χ4v) is 2.23. The van der Waals surface area contributed by atoms with Crippen LogP contribution in [0.15, 0.2) is 36.7 Å². The molecule has 0 saturated carbocycles. The van der Waals surface area contributed by atoms with Crippen molar-refractivity contribution in [1.29, 1.82) is 0 Å². The Morgan fingerprint density at radius 1 is 1.30 bits per heavy atom. The predicted octanol–water partition coefficient (Wildman–Crippen LogP) is 1.94. The molecule has 20 heavy (non-hydrogen) atoms. The Kier molecular flexibility index (Phi) is 2.98. The van der Waals surface area contributed by atoms with Crippen molar-refractivity contribution in [2.75, 3.05) is 0 Å². The van der Waals surface area contributed by atoms with Crippen molar-refractivity contribution >= 4 is 16.9 Å². The van der Waals surface area contributed by atoms with Gasteiger partial charge in [0.05, 0.1) is 12.7 Å². The molecule has 1 N–H and O–H groups in total. The molecule has 0 fully saturated rings. The van der Waals surface area contributed by atoms with Gasteiger partial charge in [-0.3, -0.25) is 0 Å². The first-order valence-electron chi connectivity index (χ1n) is 6.32. The largest absolute Gasteiger partial charge is 0.476 e. The number of carbonyl (C=O) groups is 1. The molecule has 2 heterocycles. The van der Waals surface area contributed by atoms with Crippen molar-refractivity contribution in [2.45, 2.75) is 20.0 Å². The molecule has 2 aromatic heterocycles. The van der Waals surface area contributed by atoms with Gasteiger partial charge in [0.1, 0.15) is 0 Å². The minimum Gasteiger partial charge on any atom is -0.476 e. The third kappa shape index (κ3) is 2.27. The lowest BCUT2D eigenvalue weighted by Crippen LogP contribution is -2.07. The average Bonchev–Trinajstić information content (AvgIpc) is 3.02. The normalized spacial score (nSPS) is 11.1. The van der Waals surface area contributed by atoms with E-state index in [1.54, 1.807) is 4.68 Å². The molecule has 102 valence electrons. The number of hydrogen-bond donors (Lipinski definition) is 1. The quantitative estimate of drug-likeness (QED) is 0.786. The molecule has 3 aromatic rings. The van der Waals surface area contributed by atoms with Crippen LogP contribution in [0, 0.1) is 6.92 Å². The summed E-state index contributed by atoms with van der Waals surface area (Å²) < 4.78 is 3.67. The lowest BCUT2D eigenvalue weighted by Gasteiger charge is -2.05. The third-order valence-corrected chi connectivity index (χ3v) is 3.25. The highest BCUT2D eigenvalue weighted by atomic mass is 16.4. The second-order valence-corrected chi connectivity index (χ2v) is 4.74. The van der Waals surface area contributed by atoms with Gasteiger partial charge in [0.2, 0.25) is 0 Å². The minimum absolute atomic E-state index is 0.0296. The molecule has 0 aliphatic rings. The van der Waals surface area contributed by atoms with Gasteiger partial charge in [-0.2, -0.15) is 0 Å². The number of hydrogen-bond acceptors (Lipinski definition) is 3. The summed E-state index contributed by atoms with van der Waals surface area (Å²) in [4.78, 5) is 10.7. The van der Waals surface area contributed by atoms with Crippen LogP contribution in [-0.4, -0.2) is 30.6 Å². The Morgan fingerprint density at radius 3 is 2.90 bits per heavy atom. The summed E-state index contributed by atoms with van der Waals surface area (Å²) in [5.41, 5.74) is 2.37. The van der Waals surface area contributed by atoms with E-state index in [2.05, 4.69) is 46.1 Å². The van der Waals surface area contributed by atoms with Gasteiger partial charge in [-0.1, -0.05) is 16.8 Å². The first kappa shape index (κ1) is 12.4. The van der Waals surface area contributed by atoms with Gasteiger partial charge in [-0.25, -0.2) is 9.48 Å². The Bertz CT molecular complexity index is 772. The van der Waals surface area contributed by atoms with Crippen LogP contribution in [0.3, 0.4) is 0 Å². The summed E-state index contributed by atoms with van der Waals surface area (Å²) in [5.74, 6) is -1.06. The number of nitrogens with zero attached hydrogens (tertiary/aromatic N) is 4. The zero-order valence-corrected chi connectivity index (χ0v) is 11.0. The Labute approximate surface area is 115 Å². The molecule has 0 saturated heterocycles. The summed E-state index contributed by atoms with van der Waals surface area (Å²) in [7, 11) is 0. The van der Waals surface area contributed by atoms with Crippen molar-refractivity contribution in [3.8, 4) is 0 Å². The molecule has 0 unspecified atom stereocenters. The number of carboxylic acids is 1. The first-order chi connectivity index (χ1) is 9.63. The maximum Gasteiger partial charge on any atom is 0.358 e. The highest BCUT2D eigenvalue weighted by Crippen LogP contribution is 2.17. The molecular weight excluding hydrogens is 256 g/mol. The van der Waals surface area contributed by atoms with Crippen molar-refractivity contribution in [2.24, 2.45) is 0 Å². The van der Waals surface area contributed by atoms with Crippen LogP contribution in [0.2, 0.25) is 0 Å². The highest BCUT2D eigenvalue weighted by Gasteiger charge is 2.08. The monoisotopic (exact) mass is 270 g/mol. The molecule has 6 nitrogen and oxygen atoms in total. The molecule has 0 amide bonds. The number of benzene rings is 1. The molecule has 3 rings (SSSR count). The van der Waals surface area contributed by atoms with Gasteiger partial charge < -0.3 is 9.67 Å². The summed E-state index contributed by atoms with van der Waals surface area (Å²) in [5, 5.41) is 17.4. The first-order valence-corrected chi connectivity index (χ1v) is 6.32. The van der Waals surface area contributed by atoms with Crippen LogP contribution in [-0.2, 0) is 13.1 Å². The summed E-state index contributed by atoms with van der Waals surface area (Å²) in [6.45, 7) is 3.37. The standard InChI is InChI=1S/C14H14N4O2/c1-10-2-3-13-11(8-10)4-5-17(13)6-7-18-9-12(14(19)20)15-16-18/h2-5,8-9H,6-7H2,1H3,(H,19,20). The van der Waals surface area contributed by atoms with E-state index in [0.717, 1.165) is 12.1 Å². The maximum atomic E-state index is 10.7. The fourth-order valence-electron chi connectivity index (χ4n) is 2.23. The highest BCUT2D eigenvalue weighted by molar-refractivity contribution is 5.84. The van der Waals surface area contributed by atoms with Crippen molar-refractivity contribution in [3.63, 3.8) is 0 Å². The Morgan fingerprint density at radius 2 is 2.15 bits per heavy atom. The van der Waals surface area contributed by atoms with Gasteiger partial charge in [-0.15, -0.1) is 5.10 Å². The molecule has 0 aliphatic heterocycles. The molecule has 0 spiro atoms. The number of aromatic nitrogens is 4. The summed E-state index contributed by atoms with van der Waals surface area (Å²) in [6.07, 6.45) is 3.47. The number of aryl methyl sites for hydroxylation is 3. The van der Waals surface area contributed by atoms with Gasteiger partial charge in [0.25, 0.3) is 0 Å². The number of carboxylic acid groups (broad SMARTS) is 1. The molecule has 0 radical (unpaired) electrons. The van der Waals surface area contributed by atoms with E-state index in [-0.39, 0.29) is 5.69 Å². The molecular formula is C14H14N4O2. The maximum absolute atomic E-state index is 10.7. The summed E-state index contributed by atoms with van der Waals surface area (Å²) >= 11 is 0. The Balaban J connectivity index is 1.77. The smallest absolute Gasteiger partial charge is 0.358 e. The molecule has 6 heteroatoms. The van der Waals surface area contributed by atoms with Crippen LogP contribution in [0.25, 0.3) is 10.9 Å². The zero-order valence-electron chi connectivity index (χ0n) is 11.0. The van der Waals surface area contributed by atoms with Gasteiger partial charge >= 0.3 is 5.97 Å². The lowest BCUT2D eigenvalue weighted by molar-refractivity contribution is 0.0690. The third-order valence-electron chi connectivity index (χ3n) is 3.25. The number of fused-ring (bicyclic) bond motifs is 1. The van der Waals surface area contributed by atoms with E-state index in [1.807, 2.05) is 6.20 Å². The topological polar surface area (TPSA) is 72.9 Å². The van der Waals surface area contributed by atoms with E-state index < -0.39 is 5.97 Å².